The van der Waals surface area contributed by atoms with Gasteiger partial charge in [-0.05, 0) is 61.0 Å². The number of aryl methyl sites for hydroxylation is 1. The minimum Gasteiger partial charge on any atom is -0.489 e. The van der Waals surface area contributed by atoms with Gasteiger partial charge in [0.05, 0.1) is 37.1 Å². The number of carbonyl (C=O) groups is 2. The third kappa shape index (κ3) is 5.67. The predicted molar refractivity (Wildman–Crippen MR) is 140 cm³/mol. The lowest BCUT2D eigenvalue weighted by Gasteiger charge is -2.21. The lowest BCUT2D eigenvalue weighted by Crippen LogP contribution is -2.45. The first-order chi connectivity index (χ1) is 18.5. The van der Waals surface area contributed by atoms with E-state index in [1.807, 2.05) is 61.5 Å². The Bertz CT molecular complexity index is 1460. The van der Waals surface area contributed by atoms with E-state index >= 15 is 0 Å². The van der Waals surface area contributed by atoms with Gasteiger partial charge in [0.2, 0.25) is 0 Å². The van der Waals surface area contributed by atoms with Crippen LogP contribution in [0.4, 0.5) is 0 Å². The molecule has 2 aromatic carbocycles. The van der Waals surface area contributed by atoms with Crippen molar-refractivity contribution in [1.82, 2.24) is 10.3 Å². The summed E-state index contributed by atoms with van der Waals surface area (Å²) in [6.07, 6.45) is 1.21. The number of esters is 1. The Morgan fingerprint density at radius 3 is 2.68 bits per heavy atom. The Labute approximate surface area is 219 Å². The van der Waals surface area contributed by atoms with E-state index in [2.05, 4.69) is 15.5 Å². The van der Waals surface area contributed by atoms with Crippen molar-refractivity contribution in [3.63, 3.8) is 0 Å². The SMILES string of the molecule is COC(=O)CC(NC(=O)c1ccco1)C1CC(c2ccc(OCc3cc(C)nc4ccccc34)cc2)=NO1. The number of oxime groups is 1. The highest BCUT2D eigenvalue weighted by Gasteiger charge is 2.34. The van der Waals surface area contributed by atoms with Crippen LogP contribution in [0.15, 0.2) is 82.6 Å². The van der Waals surface area contributed by atoms with E-state index < -0.39 is 24.0 Å². The van der Waals surface area contributed by atoms with Crippen LogP contribution in [0.2, 0.25) is 0 Å². The number of carbonyl (C=O) groups excluding carboxylic acids is 2. The average molecular weight is 514 g/mol. The van der Waals surface area contributed by atoms with Crippen LogP contribution in [0.5, 0.6) is 5.75 Å². The van der Waals surface area contributed by atoms with Gasteiger partial charge in [-0.3, -0.25) is 14.6 Å². The minimum absolute atomic E-state index is 0.0631. The lowest BCUT2D eigenvalue weighted by atomic mass is 9.98. The van der Waals surface area contributed by atoms with Crippen molar-refractivity contribution in [2.24, 2.45) is 5.16 Å². The molecule has 2 aromatic heterocycles. The molecule has 2 atom stereocenters. The fraction of sp³-hybridized carbons (Fsp3) is 0.241. The molecule has 1 N–H and O–H groups in total. The van der Waals surface area contributed by atoms with Crippen LogP contribution >= 0.6 is 0 Å². The van der Waals surface area contributed by atoms with E-state index in [0.29, 0.717) is 18.7 Å². The number of furan rings is 1. The molecule has 9 heteroatoms. The molecule has 0 radical (unpaired) electrons. The average Bonchev–Trinajstić information content (AvgIpc) is 3.65. The van der Waals surface area contributed by atoms with Crippen molar-refractivity contribution >= 4 is 28.5 Å². The summed E-state index contributed by atoms with van der Waals surface area (Å²) in [6.45, 7) is 2.39. The molecule has 1 aliphatic rings. The Morgan fingerprint density at radius 1 is 1.11 bits per heavy atom. The number of hydrogen-bond donors (Lipinski definition) is 1. The van der Waals surface area contributed by atoms with Gasteiger partial charge in [0, 0.05) is 23.1 Å². The molecule has 3 heterocycles. The number of aromatic nitrogens is 1. The van der Waals surface area contributed by atoms with Crippen LogP contribution in [0.1, 0.15) is 40.2 Å². The van der Waals surface area contributed by atoms with Crippen molar-refractivity contribution in [3.8, 4) is 5.75 Å². The number of nitrogens with one attached hydrogen (secondary N) is 1. The number of fused-ring (bicyclic) bond motifs is 1. The van der Waals surface area contributed by atoms with Crippen LogP contribution in [-0.4, -0.2) is 41.8 Å². The molecule has 0 bridgehead atoms. The molecular weight excluding hydrogens is 486 g/mol. The number of hydrogen-bond acceptors (Lipinski definition) is 8. The summed E-state index contributed by atoms with van der Waals surface area (Å²) >= 11 is 0. The van der Waals surface area contributed by atoms with Crippen molar-refractivity contribution in [2.75, 3.05) is 7.11 Å². The van der Waals surface area contributed by atoms with Crippen molar-refractivity contribution < 1.29 is 28.3 Å². The Morgan fingerprint density at radius 2 is 1.92 bits per heavy atom. The van der Waals surface area contributed by atoms with E-state index in [4.69, 9.17) is 18.7 Å². The van der Waals surface area contributed by atoms with Crippen LogP contribution in [0.25, 0.3) is 10.9 Å². The summed E-state index contributed by atoms with van der Waals surface area (Å²) in [6, 6.07) is 20.1. The van der Waals surface area contributed by atoms with Gasteiger partial charge in [0.15, 0.2) is 11.9 Å². The number of benzene rings is 2. The highest BCUT2D eigenvalue weighted by molar-refractivity contribution is 6.01. The summed E-state index contributed by atoms with van der Waals surface area (Å²) in [5.74, 6) is -0.0488. The van der Waals surface area contributed by atoms with E-state index in [1.54, 1.807) is 12.1 Å². The number of methoxy groups -OCH3 is 1. The smallest absolute Gasteiger partial charge is 0.307 e. The second-order valence-corrected chi connectivity index (χ2v) is 8.98. The van der Waals surface area contributed by atoms with Gasteiger partial charge in [-0.1, -0.05) is 23.4 Å². The Balaban J connectivity index is 1.22. The summed E-state index contributed by atoms with van der Waals surface area (Å²) in [7, 11) is 1.30. The van der Waals surface area contributed by atoms with Crippen LogP contribution < -0.4 is 10.1 Å². The quantitative estimate of drug-likeness (QED) is 0.326. The van der Waals surface area contributed by atoms with Gasteiger partial charge >= 0.3 is 5.97 Å². The normalized spacial score (nSPS) is 15.4. The largest absolute Gasteiger partial charge is 0.489 e. The summed E-state index contributed by atoms with van der Waals surface area (Å²) in [5, 5.41) is 8.09. The fourth-order valence-corrected chi connectivity index (χ4v) is 4.39. The molecule has 194 valence electrons. The highest BCUT2D eigenvalue weighted by atomic mass is 16.6. The van der Waals surface area contributed by atoms with E-state index in [1.165, 1.54) is 13.4 Å². The molecule has 1 amide bonds. The second kappa shape index (κ2) is 11.2. The standard InChI is InChI=1S/C29H27N3O6/c1-18-14-20(22-6-3-4-7-23(22)30-18)17-37-21-11-9-19(10-12-21)24-15-27(38-32-24)25(16-28(33)35-2)31-29(34)26-8-5-13-36-26/h3-14,25,27H,15-17H2,1-2H3,(H,31,34). The van der Waals surface area contributed by atoms with E-state index in [0.717, 1.165) is 33.5 Å². The second-order valence-electron chi connectivity index (χ2n) is 8.98. The zero-order chi connectivity index (χ0) is 26.5. The van der Waals surface area contributed by atoms with Crippen molar-refractivity contribution in [1.29, 1.82) is 0 Å². The zero-order valence-corrected chi connectivity index (χ0v) is 21.0. The number of ether oxygens (including phenoxy) is 2. The molecule has 0 saturated heterocycles. The molecule has 1 aliphatic heterocycles. The molecule has 0 fully saturated rings. The molecule has 0 saturated carbocycles. The predicted octanol–water partition coefficient (Wildman–Crippen LogP) is 4.57. The van der Waals surface area contributed by atoms with Gasteiger partial charge in [0.1, 0.15) is 12.4 Å². The van der Waals surface area contributed by atoms with Crippen molar-refractivity contribution in [2.45, 2.75) is 38.5 Å². The third-order valence-electron chi connectivity index (χ3n) is 6.33. The minimum atomic E-state index is -0.650. The van der Waals surface area contributed by atoms with Crippen LogP contribution in [0.3, 0.4) is 0 Å². The molecule has 5 rings (SSSR count). The van der Waals surface area contributed by atoms with Gasteiger partial charge in [-0.25, -0.2) is 0 Å². The van der Waals surface area contributed by atoms with Crippen molar-refractivity contribution in [3.05, 3.63) is 95.6 Å². The van der Waals surface area contributed by atoms with Gasteiger partial charge in [0.25, 0.3) is 5.91 Å². The molecular formula is C29H27N3O6. The first kappa shape index (κ1) is 25.0. The van der Waals surface area contributed by atoms with Gasteiger partial charge in [-0.2, -0.15) is 0 Å². The number of pyridine rings is 1. The molecule has 9 nitrogen and oxygen atoms in total. The first-order valence-electron chi connectivity index (χ1n) is 12.2. The van der Waals surface area contributed by atoms with E-state index in [-0.39, 0.29) is 12.2 Å². The number of para-hydroxylation sites is 1. The van der Waals surface area contributed by atoms with Gasteiger partial charge < -0.3 is 24.0 Å². The molecule has 38 heavy (non-hydrogen) atoms. The summed E-state index contributed by atoms with van der Waals surface area (Å²) < 4.78 is 16.0. The monoisotopic (exact) mass is 513 g/mol. The Hall–Kier alpha value is -4.66. The molecule has 2 unspecified atom stereocenters. The van der Waals surface area contributed by atoms with Crippen LogP contribution in [0, 0.1) is 6.92 Å². The molecule has 0 aliphatic carbocycles. The topological polar surface area (TPSA) is 112 Å². The maximum atomic E-state index is 12.5. The first-order valence-corrected chi connectivity index (χ1v) is 12.2. The molecule has 0 spiro atoms. The number of rotatable bonds is 9. The lowest BCUT2D eigenvalue weighted by molar-refractivity contribution is -0.142. The summed E-state index contributed by atoms with van der Waals surface area (Å²) in [4.78, 5) is 34.7. The summed E-state index contributed by atoms with van der Waals surface area (Å²) in [5.41, 5.74) is 4.53. The van der Waals surface area contributed by atoms with E-state index in [9.17, 15) is 9.59 Å². The zero-order valence-electron chi connectivity index (χ0n) is 21.0. The van der Waals surface area contributed by atoms with Crippen LogP contribution in [-0.2, 0) is 21.0 Å². The maximum absolute atomic E-state index is 12.5. The maximum Gasteiger partial charge on any atom is 0.307 e. The Kier molecular flexibility index (Phi) is 7.35. The third-order valence-corrected chi connectivity index (χ3v) is 6.33. The fourth-order valence-electron chi connectivity index (χ4n) is 4.39. The number of nitrogens with zero attached hydrogens (tertiary/aromatic N) is 2. The van der Waals surface area contributed by atoms with Gasteiger partial charge in [-0.15, -0.1) is 0 Å². The number of amides is 1. The molecule has 4 aromatic rings. The highest BCUT2D eigenvalue weighted by Crippen LogP contribution is 2.24.